The second-order valence-corrected chi connectivity index (χ2v) is 5.15. The monoisotopic (exact) mass is 259 g/mol. The molecule has 5 heteroatoms. The van der Waals surface area contributed by atoms with Gasteiger partial charge < -0.3 is 5.73 Å². The zero-order chi connectivity index (χ0) is 13.2. The van der Waals surface area contributed by atoms with Crippen molar-refractivity contribution < 1.29 is 0 Å². The number of nitrogens with zero attached hydrogens (tertiary/aromatic N) is 4. The number of hydrogen-bond acceptors (Lipinski definition) is 4. The largest absolute Gasteiger partial charge is 0.326 e. The molecule has 0 spiro atoms. The summed E-state index contributed by atoms with van der Waals surface area (Å²) in [6.45, 7) is 4.97. The Bertz CT molecular complexity index is 562. The van der Waals surface area contributed by atoms with Crippen LogP contribution in [0.2, 0.25) is 0 Å². The van der Waals surface area contributed by atoms with Gasteiger partial charge in [0, 0.05) is 12.7 Å². The summed E-state index contributed by atoms with van der Waals surface area (Å²) in [6, 6.07) is 4.39. The fraction of sp³-hybridized carbons (Fsp3) is 0.571. The van der Waals surface area contributed by atoms with Crippen molar-refractivity contribution in [2.24, 2.45) is 5.73 Å². The lowest BCUT2D eigenvalue weighted by Gasteiger charge is -2.32. The number of aromatic nitrogens is 3. The van der Waals surface area contributed by atoms with Crippen LogP contribution < -0.4 is 5.73 Å². The maximum atomic E-state index is 5.66. The minimum absolute atomic E-state index is 0.375. The van der Waals surface area contributed by atoms with Gasteiger partial charge in [-0.05, 0) is 37.6 Å². The summed E-state index contributed by atoms with van der Waals surface area (Å²) in [5.41, 5.74) is 7.66. The summed E-state index contributed by atoms with van der Waals surface area (Å²) in [6.07, 6.45) is 5.69. The summed E-state index contributed by atoms with van der Waals surface area (Å²) in [7, 11) is 0. The van der Waals surface area contributed by atoms with Gasteiger partial charge in [-0.25, -0.2) is 9.50 Å². The van der Waals surface area contributed by atoms with Gasteiger partial charge in [0.15, 0.2) is 11.5 Å². The first-order valence-electron chi connectivity index (χ1n) is 7.11. The summed E-state index contributed by atoms with van der Waals surface area (Å²) in [4.78, 5) is 7.15. The van der Waals surface area contributed by atoms with Crippen LogP contribution in [0.15, 0.2) is 18.3 Å². The van der Waals surface area contributed by atoms with Crippen LogP contribution in [0.4, 0.5) is 0 Å². The van der Waals surface area contributed by atoms with Gasteiger partial charge >= 0.3 is 0 Å². The average Bonchev–Trinajstić information content (AvgIpc) is 2.89. The van der Waals surface area contributed by atoms with Gasteiger partial charge in [-0.3, -0.25) is 4.90 Å². The van der Waals surface area contributed by atoms with E-state index in [1.54, 1.807) is 0 Å². The van der Waals surface area contributed by atoms with Crippen LogP contribution in [-0.2, 0) is 6.54 Å². The molecule has 1 unspecified atom stereocenters. The highest BCUT2D eigenvalue weighted by Crippen LogP contribution is 2.28. The Morgan fingerprint density at radius 1 is 1.37 bits per heavy atom. The SMILES string of the molecule is CCN1CCCCC1c1nc2ccc(CN)cn2n1. The van der Waals surface area contributed by atoms with Crippen LogP contribution in [0, 0.1) is 0 Å². The lowest BCUT2D eigenvalue weighted by molar-refractivity contribution is 0.150. The molecule has 0 radical (unpaired) electrons. The number of rotatable bonds is 3. The van der Waals surface area contributed by atoms with Crippen LogP contribution >= 0.6 is 0 Å². The van der Waals surface area contributed by atoms with E-state index in [0.29, 0.717) is 12.6 Å². The predicted molar refractivity (Wildman–Crippen MR) is 74.7 cm³/mol. The molecule has 0 bridgehead atoms. The third-order valence-electron chi connectivity index (χ3n) is 3.96. The van der Waals surface area contributed by atoms with Crippen LogP contribution in [-0.4, -0.2) is 32.6 Å². The maximum absolute atomic E-state index is 5.66. The molecular formula is C14H21N5. The van der Waals surface area contributed by atoms with Crippen LogP contribution in [0.5, 0.6) is 0 Å². The Morgan fingerprint density at radius 3 is 3.05 bits per heavy atom. The van der Waals surface area contributed by atoms with E-state index >= 15 is 0 Å². The molecule has 3 heterocycles. The maximum Gasteiger partial charge on any atom is 0.168 e. The molecule has 1 saturated heterocycles. The van der Waals surface area contributed by atoms with Crippen molar-refractivity contribution >= 4 is 5.65 Å². The van der Waals surface area contributed by atoms with E-state index in [-0.39, 0.29) is 0 Å². The third-order valence-corrected chi connectivity index (χ3v) is 3.96. The van der Waals surface area contributed by atoms with E-state index < -0.39 is 0 Å². The zero-order valence-corrected chi connectivity index (χ0v) is 11.4. The highest BCUT2D eigenvalue weighted by Gasteiger charge is 2.26. The molecule has 2 N–H and O–H groups in total. The van der Waals surface area contributed by atoms with Gasteiger partial charge in [0.1, 0.15) is 0 Å². The molecule has 5 nitrogen and oxygen atoms in total. The standard InChI is InChI=1S/C14H21N5/c1-2-18-8-4-3-5-12(18)14-16-13-7-6-11(9-15)10-19(13)17-14/h6-7,10,12H,2-5,8-9,15H2,1H3. The fourth-order valence-electron chi connectivity index (χ4n) is 2.87. The zero-order valence-electron chi connectivity index (χ0n) is 11.4. The van der Waals surface area contributed by atoms with Crippen molar-refractivity contribution in [2.75, 3.05) is 13.1 Å². The van der Waals surface area contributed by atoms with E-state index in [9.17, 15) is 0 Å². The van der Waals surface area contributed by atoms with Crippen molar-refractivity contribution in [3.05, 3.63) is 29.7 Å². The second kappa shape index (κ2) is 5.27. The normalized spacial score (nSPS) is 21.1. The molecule has 1 fully saturated rings. The molecule has 2 aromatic rings. The molecule has 0 amide bonds. The number of nitrogens with two attached hydrogens (primary N) is 1. The van der Waals surface area contributed by atoms with Crippen LogP contribution in [0.25, 0.3) is 5.65 Å². The molecule has 1 atom stereocenters. The predicted octanol–water partition coefficient (Wildman–Crippen LogP) is 1.73. The highest BCUT2D eigenvalue weighted by molar-refractivity contribution is 5.39. The first-order chi connectivity index (χ1) is 9.31. The summed E-state index contributed by atoms with van der Waals surface area (Å²) in [5.74, 6) is 0.954. The number of likely N-dealkylation sites (tertiary alicyclic amines) is 1. The van der Waals surface area contributed by atoms with Gasteiger partial charge in [-0.1, -0.05) is 19.4 Å². The Morgan fingerprint density at radius 2 is 2.26 bits per heavy atom. The van der Waals surface area contributed by atoms with E-state index in [1.807, 2.05) is 22.8 Å². The van der Waals surface area contributed by atoms with Crippen molar-refractivity contribution in [3.63, 3.8) is 0 Å². The van der Waals surface area contributed by atoms with Crippen LogP contribution in [0.3, 0.4) is 0 Å². The Labute approximate surface area is 113 Å². The highest BCUT2D eigenvalue weighted by atomic mass is 15.3. The number of piperidine rings is 1. The molecule has 0 aromatic carbocycles. The van der Waals surface area contributed by atoms with E-state index in [2.05, 4.69) is 21.9 Å². The second-order valence-electron chi connectivity index (χ2n) is 5.15. The van der Waals surface area contributed by atoms with Gasteiger partial charge in [-0.15, -0.1) is 5.10 Å². The molecule has 102 valence electrons. The van der Waals surface area contributed by atoms with E-state index in [0.717, 1.165) is 36.5 Å². The quantitative estimate of drug-likeness (QED) is 0.912. The van der Waals surface area contributed by atoms with Gasteiger partial charge in [0.25, 0.3) is 0 Å². The van der Waals surface area contributed by atoms with Crippen molar-refractivity contribution in [2.45, 2.75) is 38.8 Å². The lowest BCUT2D eigenvalue weighted by Crippen LogP contribution is -2.33. The van der Waals surface area contributed by atoms with E-state index in [4.69, 9.17) is 5.73 Å². The average molecular weight is 259 g/mol. The van der Waals surface area contributed by atoms with Gasteiger partial charge in [0.2, 0.25) is 0 Å². The number of pyridine rings is 1. The topological polar surface area (TPSA) is 59.5 Å². The Hall–Kier alpha value is -1.46. The first-order valence-corrected chi connectivity index (χ1v) is 7.11. The number of fused-ring (bicyclic) bond motifs is 1. The minimum atomic E-state index is 0.375. The molecule has 19 heavy (non-hydrogen) atoms. The van der Waals surface area contributed by atoms with Crippen molar-refractivity contribution in [1.29, 1.82) is 0 Å². The van der Waals surface area contributed by atoms with Crippen molar-refractivity contribution in [3.8, 4) is 0 Å². The summed E-state index contributed by atoms with van der Waals surface area (Å²) >= 11 is 0. The van der Waals surface area contributed by atoms with Gasteiger partial charge in [-0.2, -0.15) is 0 Å². The molecule has 0 saturated carbocycles. The minimum Gasteiger partial charge on any atom is -0.326 e. The summed E-state index contributed by atoms with van der Waals surface area (Å²) in [5, 5.41) is 4.65. The van der Waals surface area contributed by atoms with Crippen molar-refractivity contribution in [1.82, 2.24) is 19.5 Å². The van der Waals surface area contributed by atoms with Gasteiger partial charge in [0.05, 0.1) is 6.04 Å². The smallest absolute Gasteiger partial charge is 0.168 e. The number of hydrogen-bond donors (Lipinski definition) is 1. The molecule has 3 rings (SSSR count). The Balaban J connectivity index is 1.95. The fourth-order valence-corrected chi connectivity index (χ4v) is 2.87. The first kappa shape index (κ1) is 12.6. The summed E-state index contributed by atoms with van der Waals surface area (Å²) < 4.78 is 1.86. The lowest BCUT2D eigenvalue weighted by atomic mass is 10.0. The molecular weight excluding hydrogens is 238 g/mol. The molecule has 1 aliphatic heterocycles. The molecule has 2 aromatic heterocycles. The van der Waals surface area contributed by atoms with E-state index in [1.165, 1.54) is 12.8 Å². The third kappa shape index (κ3) is 2.35. The molecule has 0 aliphatic carbocycles. The van der Waals surface area contributed by atoms with Crippen LogP contribution in [0.1, 0.15) is 43.6 Å². The Kier molecular flexibility index (Phi) is 3.48. The molecule has 1 aliphatic rings.